The highest BCUT2D eigenvalue weighted by atomic mass is 16.6. The van der Waals surface area contributed by atoms with Gasteiger partial charge in [-0.15, -0.1) is 0 Å². The number of carbonyl (C=O) groups is 2. The fourth-order valence-corrected chi connectivity index (χ4v) is 4.65. The van der Waals surface area contributed by atoms with Crippen molar-refractivity contribution in [2.75, 3.05) is 19.8 Å². The number of benzene rings is 3. The van der Waals surface area contributed by atoms with E-state index in [4.69, 9.17) is 9.47 Å². The van der Waals surface area contributed by atoms with E-state index in [1.54, 1.807) is 18.2 Å². The summed E-state index contributed by atoms with van der Waals surface area (Å²) in [6.07, 6.45) is 2.34. The van der Waals surface area contributed by atoms with E-state index in [0.717, 1.165) is 19.4 Å². The number of carbonyl (C=O) groups excluding carboxylic acids is 2. The van der Waals surface area contributed by atoms with Gasteiger partial charge in [0, 0.05) is 24.9 Å². The molecule has 0 bridgehead atoms. The largest absolute Gasteiger partial charge is 0.486 e. The van der Waals surface area contributed by atoms with E-state index in [1.807, 2.05) is 17.0 Å². The van der Waals surface area contributed by atoms with Gasteiger partial charge in [-0.1, -0.05) is 42.5 Å². The minimum Gasteiger partial charge on any atom is -0.486 e. The Morgan fingerprint density at radius 1 is 0.903 bits per heavy atom. The van der Waals surface area contributed by atoms with Crippen molar-refractivity contribution in [1.29, 1.82) is 0 Å². The number of hydrogen-bond donors (Lipinski definition) is 0. The highest BCUT2D eigenvalue weighted by Crippen LogP contribution is 2.36. The van der Waals surface area contributed by atoms with Crippen LogP contribution in [-0.4, -0.2) is 36.3 Å². The maximum Gasteiger partial charge on any atom is 0.223 e. The van der Waals surface area contributed by atoms with E-state index in [9.17, 15) is 9.59 Å². The predicted molar refractivity (Wildman–Crippen MR) is 119 cm³/mol. The second-order valence-corrected chi connectivity index (χ2v) is 8.10. The summed E-state index contributed by atoms with van der Waals surface area (Å²) in [4.78, 5) is 27.7. The molecular weight excluding hydrogens is 390 g/mol. The van der Waals surface area contributed by atoms with Gasteiger partial charge in [0.25, 0.3) is 0 Å². The quantitative estimate of drug-likeness (QED) is 0.554. The Bertz CT molecular complexity index is 1130. The lowest BCUT2D eigenvalue weighted by atomic mass is 9.97. The Kier molecular flexibility index (Phi) is 5.33. The predicted octanol–water partition coefficient (Wildman–Crippen LogP) is 4.94. The van der Waals surface area contributed by atoms with Gasteiger partial charge in [-0.2, -0.15) is 0 Å². The van der Waals surface area contributed by atoms with E-state index in [2.05, 4.69) is 30.3 Å². The van der Waals surface area contributed by atoms with Gasteiger partial charge in [0.05, 0.1) is 6.04 Å². The molecule has 5 rings (SSSR count). The van der Waals surface area contributed by atoms with Crippen LogP contribution in [0.5, 0.6) is 11.5 Å². The van der Waals surface area contributed by atoms with Crippen molar-refractivity contribution in [2.24, 2.45) is 0 Å². The summed E-state index contributed by atoms with van der Waals surface area (Å²) in [5.41, 5.74) is 1.76. The second kappa shape index (κ2) is 8.42. The third kappa shape index (κ3) is 3.88. The first-order valence-corrected chi connectivity index (χ1v) is 10.9. The molecule has 1 saturated heterocycles. The molecule has 5 nitrogen and oxygen atoms in total. The van der Waals surface area contributed by atoms with E-state index in [1.165, 1.54) is 16.3 Å². The average molecular weight is 415 g/mol. The van der Waals surface area contributed by atoms with Crippen molar-refractivity contribution in [3.05, 3.63) is 71.8 Å². The minimum absolute atomic E-state index is 0.0429. The highest BCUT2D eigenvalue weighted by Gasteiger charge is 2.31. The Morgan fingerprint density at radius 2 is 1.71 bits per heavy atom. The summed E-state index contributed by atoms with van der Waals surface area (Å²) in [5.74, 6) is 1.25. The summed E-state index contributed by atoms with van der Waals surface area (Å²) in [7, 11) is 0. The number of amides is 1. The Balaban J connectivity index is 1.28. The maximum atomic E-state index is 13.1. The first-order valence-electron chi connectivity index (χ1n) is 10.9. The molecule has 3 aromatic rings. The van der Waals surface area contributed by atoms with Crippen molar-refractivity contribution in [3.63, 3.8) is 0 Å². The van der Waals surface area contributed by atoms with Crippen molar-refractivity contribution < 1.29 is 19.1 Å². The lowest BCUT2D eigenvalue weighted by molar-refractivity contribution is -0.132. The fraction of sp³-hybridized carbons (Fsp3) is 0.308. The molecule has 0 aliphatic carbocycles. The van der Waals surface area contributed by atoms with Crippen LogP contribution in [0.15, 0.2) is 60.7 Å². The molecule has 1 amide bonds. The molecule has 0 aromatic heterocycles. The van der Waals surface area contributed by atoms with E-state index in [0.29, 0.717) is 30.3 Å². The molecule has 3 aromatic carbocycles. The lowest BCUT2D eigenvalue weighted by Gasteiger charge is -2.26. The molecule has 1 atom stereocenters. The molecule has 0 radical (unpaired) electrons. The molecule has 0 N–H and O–H groups in total. The molecule has 2 aliphatic heterocycles. The topological polar surface area (TPSA) is 55.8 Å². The zero-order chi connectivity index (χ0) is 21.2. The van der Waals surface area contributed by atoms with E-state index in [-0.39, 0.29) is 30.6 Å². The Labute approximate surface area is 181 Å². The van der Waals surface area contributed by atoms with Gasteiger partial charge in [-0.05, 0) is 47.4 Å². The lowest BCUT2D eigenvalue weighted by Crippen LogP contribution is -2.30. The van der Waals surface area contributed by atoms with Gasteiger partial charge in [0.1, 0.15) is 13.2 Å². The zero-order valence-corrected chi connectivity index (χ0v) is 17.4. The summed E-state index contributed by atoms with van der Waals surface area (Å²) >= 11 is 0. The second-order valence-electron chi connectivity index (χ2n) is 8.10. The van der Waals surface area contributed by atoms with Crippen LogP contribution in [0.2, 0.25) is 0 Å². The van der Waals surface area contributed by atoms with Crippen molar-refractivity contribution in [1.82, 2.24) is 4.90 Å². The van der Waals surface area contributed by atoms with E-state index < -0.39 is 0 Å². The molecular formula is C26H25NO4. The van der Waals surface area contributed by atoms with Gasteiger partial charge in [0.15, 0.2) is 17.3 Å². The van der Waals surface area contributed by atoms with Crippen LogP contribution in [0.3, 0.4) is 0 Å². The SMILES string of the molecule is O=C(CCC(=O)N1CCCC1c1cccc2ccccc12)c1ccc2c(c1)OCCO2. The van der Waals surface area contributed by atoms with Gasteiger partial charge >= 0.3 is 0 Å². The molecule has 2 heterocycles. The number of nitrogens with zero attached hydrogens (tertiary/aromatic N) is 1. The summed E-state index contributed by atoms with van der Waals surface area (Å²) in [6, 6.07) is 19.9. The molecule has 158 valence electrons. The van der Waals surface area contributed by atoms with Crippen LogP contribution in [0.1, 0.15) is 47.6 Å². The van der Waals surface area contributed by atoms with Crippen molar-refractivity contribution >= 4 is 22.5 Å². The third-order valence-corrected chi connectivity index (χ3v) is 6.19. The first kappa shape index (κ1) is 19.6. The molecule has 1 unspecified atom stereocenters. The zero-order valence-electron chi connectivity index (χ0n) is 17.4. The third-order valence-electron chi connectivity index (χ3n) is 6.19. The molecule has 31 heavy (non-hydrogen) atoms. The fourth-order valence-electron chi connectivity index (χ4n) is 4.65. The van der Waals surface area contributed by atoms with Crippen LogP contribution in [0.4, 0.5) is 0 Å². The van der Waals surface area contributed by atoms with Crippen molar-refractivity contribution in [2.45, 2.75) is 31.7 Å². The minimum atomic E-state index is -0.0498. The molecule has 1 fully saturated rings. The van der Waals surface area contributed by atoms with Crippen molar-refractivity contribution in [3.8, 4) is 11.5 Å². The summed E-state index contributed by atoms with van der Waals surface area (Å²) in [5, 5.41) is 2.38. The number of rotatable bonds is 5. The van der Waals surface area contributed by atoms with Gasteiger partial charge in [-0.25, -0.2) is 0 Å². The number of ketones is 1. The maximum absolute atomic E-state index is 13.1. The number of hydrogen-bond acceptors (Lipinski definition) is 4. The molecule has 5 heteroatoms. The van der Waals surface area contributed by atoms with Gasteiger partial charge in [0.2, 0.25) is 5.91 Å². The van der Waals surface area contributed by atoms with Crippen LogP contribution < -0.4 is 9.47 Å². The standard InChI is InChI=1S/C26H25NO4/c28-23(19-10-12-24-25(17-19)31-16-15-30-24)11-13-26(29)27-14-4-9-22(27)21-8-3-6-18-5-1-2-7-20(18)21/h1-3,5-8,10,12,17,22H,4,9,11,13-16H2. The van der Waals surface area contributed by atoms with E-state index >= 15 is 0 Å². The molecule has 2 aliphatic rings. The number of likely N-dealkylation sites (tertiary alicyclic amines) is 1. The number of ether oxygens (including phenoxy) is 2. The average Bonchev–Trinajstić information content (AvgIpc) is 3.31. The monoisotopic (exact) mass is 415 g/mol. The highest BCUT2D eigenvalue weighted by molar-refractivity contribution is 5.98. The van der Waals surface area contributed by atoms with Crippen LogP contribution in [0, 0.1) is 0 Å². The number of Topliss-reactive ketones (excluding diaryl/α,β-unsaturated/α-hetero) is 1. The van der Waals surface area contributed by atoms with Crippen LogP contribution >= 0.6 is 0 Å². The first-order chi connectivity index (χ1) is 15.2. The van der Waals surface area contributed by atoms with Gasteiger partial charge < -0.3 is 14.4 Å². The van der Waals surface area contributed by atoms with Gasteiger partial charge in [-0.3, -0.25) is 9.59 Å². The normalized spacial score (nSPS) is 17.7. The summed E-state index contributed by atoms with van der Waals surface area (Å²) in [6.45, 7) is 1.74. The summed E-state index contributed by atoms with van der Waals surface area (Å²) < 4.78 is 11.1. The smallest absolute Gasteiger partial charge is 0.223 e. The van der Waals surface area contributed by atoms with Crippen LogP contribution in [0.25, 0.3) is 10.8 Å². The Hall–Kier alpha value is -3.34. The van der Waals surface area contributed by atoms with Crippen LogP contribution in [-0.2, 0) is 4.79 Å². The molecule has 0 spiro atoms. The number of fused-ring (bicyclic) bond motifs is 2. The Morgan fingerprint density at radius 3 is 2.61 bits per heavy atom. The molecule has 0 saturated carbocycles.